The molecule has 1 N–H and O–H groups in total. The number of aryl methyl sites for hydroxylation is 1. The fraction of sp³-hybridized carbons (Fsp3) is 0.211. The highest BCUT2D eigenvalue weighted by Crippen LogP contribution is 2.19. The van der Waals surface area contributed by atoms with Crippen LogP contribution < -0.4 is 5.32 Å². The van der Waals surface area contributed by atoms with Crippen LogP contribution in [0.25, 0.3) is 0 Å². The number of nitrogens with zero attached hydrogens (tertiary/aromatic N) is 1. The van der Waals surface area contributed by atoms with Gasteiger partial charge in [0.05, 0.1) is 10.5 Å². The van der Waals surface area contributed by atoms with Gasteiger partial charge in [0.2, 0.25) is 5.91 Å². The van der Waals surface area contributed by atoms with Gasteiger partial charge in [0.15, 0.2) is 12.4 Å². The van der Waals surface area contributed by atoms with E-state index in [0.717, 1.165) is 0 Å². The van der Waals surface area contributed by atoms with E-state index in [9.17, 15) is 24.5 Å². The number of esters is 1. The molecule has 0 aliphatic rings. The van der Waals surface area contributed by atoms with E-state index in [1.165, 1.54) is 37.3 Å². The minimum Gasteiger partial charge on any atom is -0.454 e. The van der Waals surface area contributed by atoms with E-state index in [4.69, 9.17) is 4.74 Å². The second kappa shape index (κ2) is 8.70. The number of rotatable bonds is 7. The van der Waals surface area contributed by atoms with Gasteiger partial charge in [-0.15, -0.1) is 0 Å². The van der Waals surface area contributed by atoms with Crippen molar-refractivity contribution in [3.8, 4) is 0 Å². The lowest BCUT2D eigenvalue weighted by atomic mass is 10.1. The quantitative estimate of drug-likeness (QED) is 0.346. The van der Waals surface area contributed by atoms with Crippen molar-refractivity contribution in [1.82, 2.24) is 0 Å². The maximum absolute atomic E-state index is 12.1. The minimum absolute atomic E-state index is 0.0992. The highest BCUT2D eigenvalue weighted by molar-refractivity contribution is 6.00. The van der Waals surface area contributed by atoms with Gasteiger partial charge in [-0.3, -0.25) is 19.7 Å². The molecule has 1 amide bonds. The Hall–Kier alpha value is -3.55. The fourth-order valence-electron chi connectivity index (χ4n) is 2.27. The summed E-state index contributed by atoms with van der Waals surface area (Å²) in [5.41, 5.74) is 1.25. The van der Waals surface area contributed by atoms with Crippen LogP contribution in [-0.4, -0.2) is 29.2 Å². The first-order valence-corrected chi connectivity index (χ1v) is 8.17. The van der Waals surface area contributed by atoms with Gasteiger partial charge in [0.1, 0.15) is 0 Å². The van der Waals surface area contributed by atoms with Crippen molar-refractivity contribution in [3.05, 3.63) is 69.3 Å². The maximum atomic E-state index is 12.1. The van der Waals surface area contributed by atoms with E-state index in [0.29, 0.717) is 23.2 Å². The zero-order valence-corrected chi connectivity index (χ0v) is 14.9. The van der Waals surface area contributed by atoms with Crippen LogP contribution >= 0.6 is 0 Å². The smallest absolute Gasteiger partial charge is 0.338 e. The molecular weight excluding hydrogens is 352 g/mol. The molecule has 0 atom stereocenters. The molecule has 2 aromatic rings. The van der Waals surface area contributed by atoms with Gasteiger partial charge in [0.25, 0.3) is 5.69 Å². The molecule has 0 fully saturated rings. The molecule has 8 heteroatoms. The zero-order chi connectivity index (χ0) is 20.0. The molecule has 2 aromatic carbocycles. The Balaban J connectivity index is 1.96. The number of nitro benzene ring substituents is 1. The molecule has 0 aliphatic heterocycles. The van der Waals surface area contributed by atoms with E-state index in [-0.39, 0.29) is 17.2 Å². The van der Waals surface area contributed by atoms with Crippen molar-refractivity contribution in [2.24, 2.45) is 0 Å². The number of nitro groups is 1. The minimum atomic E-state index is -0.742. The molecule has 0 heterocycles. The Morgan fingerprint density at radius 1 is 1.07 bits per heavy atom. The van der Waals surface area contributed by atoms with E-state index < -0.39 is 23.3 Å². The number of anilines is 1. The molecule has 0 radical (unpaired) electrons. The highest BCUT2D eigenvalue weighted by Gasteiger charge is 2.16. The number of ketones is 1. The number of amides is 1. The predicted octanol–water partition coefficient (Wildman–Crippen LogP) is 3.29. The molecule has 0 aromatic heterocycles. The molecule has 0 aliphatic carbocycles. The number of carbonyl (C=O) groups is 3. The summed E-state index contributed by atoms with van der Waals surface area (Å²) < 4.78 is 4.98. The first kappa shape index (κ1) is 19.8. The van der Waals surface area contributed by atoms with E-state index >= 15 is 0 Å². The number of hydrogen-bond donors (Lipinski definition) is 1. The largest absolute Gasteiger partial charge is 0.454 e. The summed E-state index contributed by atoms with van der Waals surface area (Å²) in [4.78, 5) is 45.7. The van der Waals surface area contributed by atoms with E-state index in [1.807, 2.05) is 0 Å². The topological polar surface area (TPSA) is 116 Å². The molecule has 0 bridgehead atoms. The van der Waals surface area contributed by atoms with Crippen LogP contribution in [0.5, 0.6) is 0 Å². The number of carbonyl (C=O) groups excluding carboxylic acids is 3. The Kier molecular flexibility index (Phi) is 6.37. The average molecular weight is 370 g/mol. The summed E-state index contributed by atoms with van der Waals surface area (Å²) in [5.74, 6) is -1.29. The third-order valence-corrected chi connectivity index (χ3v) is 3.78. The lowest BCUT2D eigenvalue weighted by Crippen LogP contribution is -2.15. The van der Waals surface area contributed by atoms with Crippen molar-refractivity contribution in [2.45, 2.75) is 20.3 Å². The third kappa shape index (κ3) is 5.21. The number of hydrogen-bond acceptors (Lipinski definition) is 6. The summed E-state index contributed by atoms with van der Waals surface area (Å²) in [5, 5.41) is 13.5. The van der Waals surface area contributed by atoms with E-state index in [1.54, 1.807) is 19.1 Å². The Morgan fingerprint density at radius 3 is 2.26 bits per heavy atom. The molecule has 2 rings (SSSR count). The third-order valence-electron chi connectivity index (χ3n) is 3.78. The second-order valence-corrected chi connectivity index (χ2v) is 5.74. The monoisotopic (exact) mass is 370 g/mol. The van der Waals surface area contributed by atoms with Crippen LogP contribution in [0.2, 0.25) is 0 Å². The van der Waals surface area contributed by atoms with Crippen molar-refractivity contribution < 1.29 is 24.0 Å². The van der Waals surface area contributed by atoms with Gasteiger partial charge in [-0.1, -0.05) is 6.92 Å². The van der Waals surface area contributed by atoms with Crippen molar-refractivity contribution in [2.75, 3.05) is 11.9 Å². The number of benzene rings is 2. The normalized spacial score (nSPS) is 10.1. The average Bonchev–Trinajstić information content (AvgIpc) is 2.65. The van der Waals surface area contributed by atoms with Gasteiger partial charge < -0.3 is 10.1 Å². The summed E-state index contributed by atoms with van der Waals surface area (Å²) in [6.07, 6.45) is 0.346. The molecule has 140 valence electrons. The lowest BCUT2D eigenvalue weighted by molar-refractivity contribution is -0.385. The Morgan fingerprint density at radius 2 is 1.70 bits per heavy atom. The lowest BCUT2D eigenvalue weighted by Gasteiger charge is -2.07. The fourth-order valence-corrected chi connectivity index (χ4v) is 2.27. The summed E-state index contributed by atoms with van der Waals surface area (Å²) in [6.45, 7) is 2.78. The number of ether oxygens (including phenoxy) is 1. The first-order valence-electron chi connectivity index (χ1n) is 8.17. The Bertz CT molecular complexity index is 890. The predicted molar refractivity (Wildman–Crippen MR) is 97.8 cm³/mol. The molecule has 8 nitrogen and oxygen atoms in total. The standard InChI is InChI=1S/C19H18N2O6/c1-3-18(23)20-15-7-4-13(5-8-15)17(22)11-27-19(24)14-6-9-16(21(25)26)12(2)10-14/h4-10H,3,11H2,1-2H3,(H,20,23). The summed E-state index contributed by atoms with van der Waals surface area (Å²) >= 11 is 0. The van der Waals surface area contributed by atoms with E-state index in [2.05, 4.69) is 5.32 Å². The van der Waals surface area contributed by atoms with Crippen molar-refractivity contribution >= 4 is 29.0 Å². The zero-order valence-electron chi connectivity index (χ0n) is 14.9. The highest BCUT2D eigenvalue weighted by atomic mass is 16.6. The number of nitrogens with one attached hydrogen (secondary N) is 1. The van der Waals surface area contributed by atoms with Crippen LogP contribution in [0.4, 0.5) is 11.4 Å². The van der Waals surface area contributed by atoms with Gasteiger partial charge in [-0.2, -0.15) is 0 Å². The SMILES string of the molecule is CCC(=O)Nc1ccc(C(=O)COC(=O)c2ccc([N+](=O)[O-])c(C)c2)cc1. The molecule has 0 unspecified atom stereocenters. The van der Waals surface area contributed by atoms with Crippen molar-refractivity contribution in [3.63, 3.8) is 0 Å². The number of Topliss-reactive ketones (excluding diaryl/α,β-unsaturated/α-hetero) is 1. The molecule has 27 heavy (non-hydrogen) atoms. The maximum Gasteiger partial charge on any atom is 0.338 e. The van der Waals surface area contributed by atoms with Crippen LogP contribution in [0.3, 0.4) is 0 Å². The molecule has 0 spiro atoms. The Labute approximate surface area is 155 Å². The molecule has 0 saturated carbocycles. The molecule has 0 saturated heterocycles. The van der Waals surface area contributed by atoms with Gasteiger partial charge >= 0.3 is 5.97 Å². The van der Waals surface area contributed by atoms with Gasteiger partial charge in [-0.05, 0) is 43.3 Å². The summed E-state index contributed by atoms with van der Waals surface area (Å²) in [7, 11) is 0. The molecular formula is C19H18N2O6. The van der Waals surface area contributed by atoms with Gasteiger partial charge in [-0.25, -0.2) is 4.79 Å². The van der Waals surface area contributed by atoms with Crippen LogP contribution in [0.15, 0.2) is 42.5 Å². The van der Waals surface area contributed by atoms with Crippen LogP contribution in [-0.2, 0) is 9.53 Å². The summed E-state index contributed by atoms with van der Waals surface area (Å²) in [6, 6.07) is 10.1. The van der Waals surface area contributed by atoms with Crippen LogP contribution in [0, 0.1) is 17.0 Å². The van der Waals surface area contributed by atoms with Crippen LogP contribution in [0.1, 0.15) is 39.6 Å². The van der Waals surface area contributed by atoms with Gasteiger partial charge in [0, 0.05) is 29.3 Å². The second-order valence-electron chi connectivity index (χ2n) is 5.74. The van der Waals surface area contributed by atoms with Crippen molar-refractivity contribution in [1.29, 1.82) is 0 Å². The first-order chi connectivity index (χ1) is 12.8.